The maximum atomic E-state index is 7.11. The molecule has 2 aromatic heterocycles. The van der Waals surface area contributed by atoms with Crippen molar-refractivity contribution in [1.29, 1.82) is 0 Å². The number of hydrogen-bond donors (Lipinski definition) is 0. The average molecular weight is 825 g/mol. The molecule has 0 atom stereocenters. The van der Waals surface area contributed by atoms with Crippen LogP contribution in [-0.4, -0.2) is 0 Å². The predicted molar refractivity (Wildman–Crippen MR) is 265 cm³/mol. The third kappa shape index (κ3) is 4.99. The molecule has 0 amide bonds. The van der Waals surface area contributed by atoms with E-state index in [2.05, 4.69) is 232 Å². The van der Waals surface area contributed by atoms with Crippen molar-refractivity contribution in [3.63, 3.8) is 0 Å². The van der Waals surface area contributed by atoms with E-state index in [-0.39, 0.29) is 0 Å². The summed E-state index contributed by atoms with van der Waals surface area (Å²) in [5.41, 5.74) is 19.4. The van der Waals surface area contributed by atoms with Crippen molar-refractivity contribution in [3.8, 4) is 22.3 Å². The van der Waals surface area contributed by atoms with E-state index < -0.39 is 10.8 Å². The SMILES string of the molecule is CC1(C)c2cc(N(c3ccccc3)c3ccccc3)c3c(oc4ccccc43)c2-c2ccc3c(c21)C(C)(C)c1cc(N(c2ccccc2)c2ccccc2)c2c(oc4ccccc42)c1-3. The number of hydrogen-bond acceptors (Lipinski definition) is 4. The van der Waals surface area contributed by atoms with Crippen LogP contribution < -0.4 is 9.80 Å². The van der Waals surface area contributed by atoms with Gasteiger partial charge in [-0.05, 0) is 106 Å². The van der Waals surface area contributed by atoms with Gasteiger partial charge in [0.1, 0.15) is 22.3 Å². The van der Waals surface area contributed by atoms with Gasteiger partial charge in [0.05, 0.1) is 22.1 Å². The second-order valence-electron chi connectivity index (χ2n) is 18.4. The van der Waals surface area contributed by atoms with Gasteiger partial charge in [0, 0.05) is 55.5 Å². The molecule has 0 radical (unpaired) electrons. The second-order valence-corrected chi connectivity index (χ2v) is 18.4. The van der Waals surface area contributed by atoms with Gasteiger partial charge in [-0.3, -0.25) is 0 Å². The summed E-state index contributed by atoms with van der Waals surface area (Å²) in [4.78, 5) is 4.80. The summed E-state index contributed by atoms with van der Waals surface area (Å²) in [7, 11) is 0. The van der Waals surface area contributed by atoms with Gasteiger partial charge in [-0.15, -0.1) is 0 Å². The molecule has 0 bridgehead atoms. The second kappa shape index (κ2) is 13.3. The first-order valence-electron chi connectivity index (χ1n) is 22.3. The summed E-state index contributed by atoms with van der Waals surface area (Å²) in [6.07, 6.45) is 0. The fourth-order valence-corrected chi connectivity index (χ4v) is 11.4. The summed E-state index contributed by atoms with van der Waals surface area (Å²) in [5, 5.41) is 4.44. The standard InChI is InChI=1S/C60H44N2O2/c1-59(2)45-35-47(61(37-21-9-5-10-22-37)38-23-11-6-12-24-38)53-41-29-17-19-31-49(41)63-57(53)51(45)43-33-34-44-52-46(60(3,4)56(44)55(43)59)36-48(54-42-30-18-20-32-50(42)64-58(52)54)62(39-25-13-7-14-26-39)40-27-15-8-16-28-40/h5-36H,1-4H3. The van der Waals surface area contributed by atoms with E-state index in [0.29, 0.717) is 0 Å². The fraction of sp³-hybridized carbons (Fsp3) is 0.100. The Morgan fingerprint density at radius 1 is 0.359 bits per heavy atom. The van der Waals surface area contributed by atoms with Crippen molar-refractivity contribution in [1.82, 2.24) is 0 Å². The van der Waals surface area contributed by atoms with Gasteiger partial charge in [-0.1, -0.05) is 149 Å². The molecule has 11 aromatic rings. The van der Waals surface area contributed by atoms with Crippen LogP contribution in [0.25, 0.3) is 66.1 Å². The number of furan rings is 2. The van der Waals surface area contributed by atoms with Gasteiger partial charge in [-0.25, -0.2) is 0 Å². The van der Waals surface area contributed by atoms with Crippen molar-refractivity contribution in [2.75, 3.05) is 9.80 Å². The van der Waals surface area contributed by atoms with Crippen molar-refractivity contribution in [2.24, 2.45) is 0 Å². The molecule has 2 aliphatic carbocycles. The molecule has 64 heavy (non-hydrogen) atoms. The molecule has 2 aliphatic rings. The molecule has 2 heterocycles. The van der Waals surface area contributed by atoms with Crippen LogP contribution in [0.2, 0.25) is 0 Å². The molecular formula is C60H44N2O2. The Balaban J connectivity index is 1.10. The number of nitrogens with zero attached hydrogens (tertiary/aromatic N) is 2. The lowest BCUT2D eigenvalue weighted by atomic mass is 9.72. The molecule has 0 spiro atoms. The first-order chi connectivity index (χ1) is 31.3. The van der Waals surface area contributed by atoms with Crippen LogP contribution >= 0.6 is 0 Å². The zero-order valence-corrected chi connectivity index (χ0v) is 36.2. The van der Waals surface area contributed by atoms with Crippen LogP contribution in [-0.2, 0) is 10.8 Å². The Hall–Kier alpha value is -7.82. The molecule has 0 saturated heterocycles. The van der Waals surface area contributed by atoms with E-state index in [1.165, 1.54) is 44.5 Å². The maximum absolute atomic E-state index is 7.11. The third-order valence-electron chi connectivity index (χ3n) is 14.1. The number of benzene rings is 9. The molecule has 4 heteroatoms. The zero-order chi connectivity index (χ0) is 42.9. The lowest BCUT2D eigenvalue weighted by Gasteiger charge is -2.32. The zero-order valence-electron chi connectivity index (χ0n) is 36.2. The average Bonchev–Trinajstić information content (AvgIpc) is 4.04. The van der Waals surface area contributed by atoms with Crippen LogP contribution in [0, 0.1) is 0 Å². The van der Waals surface area contributed by atoms with E-state index >= 15 is 0 Å². The lowest BCUT2D eigenvalue weighted by molar-refractivity contribution is 0.600. The van der Waals surface area contributed by atoms with E-state index in [1.807, 2.05) is 0 Å². The molecule has 0 aliphatic heterocycles. The molecular weight excluding hydrogens is 781 g/mol. The molecule has 9 aromatic carbocycles. The van der Waals surface area contributed by atoms with E-state index in [4.69, 9.17) is 8.83 Å². The van der Waals surface area contributed by atoms with E-state index in [0.717, 1.165) is 78.0 Å². The van der Waals surface area contributed by atoms with Crippen LogP contribution in [0.3, 0.4) is 0 Å². The Morgan fingerprint density at radius 2 is 0.672 bits per heavy atom. The van der Waals surface area contributed by atoms with Crippen LogP contribution in [0.5, 0.6) is 0 Å². The first kappa shape index (κ1) is 36.8. The predicted octanol–water partition coefficient (Wildman–Crippen LogP) is 17.0. The van der Waals surface area contributed by atoms with Gasteiger partial charge in [-0.2, -0.15) is 0 Å². The molecule has 4 nitrogen and oxygen atoms in total. The molecule has 306 valence electrons. The minimum absolute atomic E-state index is 0.397. The van der Waals surface area contributed by atoms with Gasteiger partial charge < -0.3 is 18.6 Å². The fourth-order valence-electron chi connectivity index (χ4n) is 11.4. The highest BCUT2D eigenvalue weighted by molar-refractivity contribution is 6.21. The van der Waals surface area contributed by atoms with Gasteiger partial charge in [0.15, 0.2) is 0 Å². The number of rotatable bonds is 6. The minimum atomic E-state index is -0.397. The van der Waals surface area contributed by atoms with E-state index in [9.17, 15) is 0 Å². The Labute approximate surface area is 372 Å². The number of fused-ring (bicyclic) bond motifs is 15. The molecule has 0 saturated carbocycles. The Bertz CT molecular complexity index is 3340. The monoisotopic (exact) mass is 824 g/mol. The van der Waals surface area contributed by atoms with Crippen LogP contribution in [0.4, 0.5) is 34.1 Å². The van der Waals surface area contributed by atoms with Crippen LogP contribution in [0.1, 0.15) is 49.9 Å². The minimum Gasteiger partial charge on any atom is -0.455 e. The van der Waals surface area contributed by atoms with Gasteiger partial charge in [0.25, 0.3) is 0 Å². The highest BCUT2D eigenvalue weighted by Crippen LogP contribution is 2.64. The third-order valence-corrected chi connectivity index (χ3v) is 14.1. The molecule has 0 fully saturated rings. The molecule has 13 rings (SSSR count). The summed E-state index contributed by atoms with van der Waals surface area (Å²) in [5.74, 6) is 0. The largest absolute Gasteiger partial charge is 0.455 e. The smallest absolute Gasteiger partial charge is 0.145 e. The number of para-hydroxylation sites is 6. The van der Waals surface area contributed by atoms with E-state index in [1.54, 1.807) is 0 Å². The van der Waals surface area contributed by atoms with Gasteiger partial charge >= 0.3 is 0 Å². The lowest BCUT2D eigenvalue weighted by Crippen LogP contribution is -2.24. The highest BCUT2D eigenvalue weighted by atomic mass is 16.3. The van der Waals surface area contributed by atoms with Crippen molar-refractivity contribution >= 4 is 78.0 Å². The Kier molecular flexibility index (Phi) is 7.67. The summed E-state index contributed by atoms with van der Waals surface area (Å²) >= 11 is 0. The van der Waals surface area contributed by atoms with Crippen molar-refractivity contribution in [3.05, 3.63) is 216 Å². The normalized spacial score (nSPS) is 14.2. The topological polar surface area (TPSA) is 32.8 Å². The summed E-state index contributed by atoms with van der Waals surface area (Å²) in [6.45, 7) is 9.66. The molecule has 0 N–H and O–H groups in total. The van der Waals surface area contributed by atoms with Crippen LogP contribution in [0.15, 0.2) is 203 Å². The first-order valence-corrected chi connectivity index (χ1v) is 22.3. The molecule has 0 unspecified atom stereocenters. The maximum Gasteiger partial charge on any atom is 0.145 e. The van der Waals surface area contributed by atoms with Gasteiger partial charge in [0.2, 0.25) is 0 Å². The van der Waals surface area contributed by atoms with Crippen molar-refractivity contribution < 1.29 is 8.83 Å². The quantitative estimate of drug-likeness (QED) is 0.167. The highest BCUT2D eigenvalue weighted by Gasteiger charge is 2.49. The number of anilines is 6. The summed E-state index contributed by atoms with van der Waals surface area (Å²) in [6, 6.07) is 69.6. The Morgan fingerprint density at radius 3 is 1.02 bits per heavy atom. The summed E-state index contributed by atoms with van der Waals surface area (Å²) < 4.78 is 14.2. The van der Waals surface area contributed by atoms with Crippen molar-refractivity contribution in [2.45, 2.75) is 38.5 Å².